The van der Waals surface area contributed by atoms with Crippen LogP contribution >= 0.6 is 0 Å². The Bertz CT molecular complexity index is 1170. The summed E-state index contributed by atoms with van der Waals surface area (Å²) in [7, 11) is 0. The third kappa shape index (κ3) is 3.19. The number of carboxylic acids is 1. The van der Waals surface area contributed by atoms with Gasteiger partial charge in [0.2, 0.25) is 5.43 Å². The van der Waals surface area contributed by atoms with Crippen LogP contribution in [0.15, 0.2) is 41.3 Å². The number of aromatic carboxylic acids is 1. The summed E-state index contributed by atoms with van der Waals surface area (Å²) in [5.74, 6) is -1.89. The molecule has 1 aromatic carbocycles. The van der Waals surface area contributed by atoms with Crippen LogP contribution in [0.4, 0.5) is 10.2 Å². The van der Waals surface area contributed by atoms with Gasteiger partial charge in [0, 0.05) is 31.0 Å². The van der Waals surface area contributed by atoms with E-state index in [4.69, 9.17) is 5.73 Å². The number of carboxylic acid groups (broad SMARTS) is 1. The van der Waals surface area contributed by atoms with Crippen LogP contribution < -0.4 is 16.1 Å². The number of phenols is 1. The second-order valence-corrected chi connectivity index (χ2v) is 7.27. The Morgan fingerprint density at radius 2 is 1.97 bits per heavy atom. The molecule has 150 valence electrons. The van der Waals surface area contributed by atoms with Crippen molar-refractivity contribution in [2.45, 2.75) is 13.0 Å². The maximum Gasteiger partial charge on any atom is 0.341 e. The summed E-state index contributed by atoms with van der Waals surface area (Å²) in [5, 5.41) is 18.8. The van der Waals surface area contributed by atoms with E-state index in [1.807, 2.05) is 6.92 Å². The Kier molecular flexibility index (Phi) is 4.46. The molecule has 0 amide bonds. The topological polar surface area (TPSA) is 122 Å². The molecule has 9 heteroatoms. The van der Waals surface area contributed by atoms with Crippen LogP contribution in [0.3, 0.4) is 0 Å². The molecular weight excluding hydrogens is 379 g/mol. The lowest BCUT2D eigenvalue weighted by molar-refractivity contribution is 0.0695. The first-order valence-electron chi connectivity index (χ1n) is 9.05. The maximum atomic E-state index is 14.9. The smallest absolute Gasteiger partial charge is 0.341 e. The molecule has 4 N–H and O–H groups in total. The zero-order valence-corrected chi connectivity index (χ0v) is 15.5. The average Bonchev–Trinajstić information content (AvgIpc) is 3.01. The number of halogens is 1. The van der Waals surface area contributed by atoms with Crippen molar-refractivity contribution in [2.24, 2.45) is 11.7 Å². The average molecular weight is 398 g/mol. The predicted octanol–water partition coefficient (Wildman–Crippen LogP) is 1.71. The van der Waals surface area contributed by atoms with Gasteiger partial charge < -0.3 is 25.4 Å². The number of benzene rings is 1. The molecular formula is C20H19FN4O4. The van der Waals surface area contributed by atoms with Crippen LogP contribution in [0, 0.1) is 11.7 Å². The number of phenolic OH excluding ortho intramolecular Hbond substituents is 1. The predicted molar refractivity (Wildman–Crippen MR) is 105 cm³/mol. The Labute approximate surface area is 164 Å². The number of hydrogen-bond donors (Lipinski definition) is 3. The molecule has 1 aliphatic rings. The molecule has 1 saturated heterocycles. The van der Waals surface area contributed by atoms with E-state index in [9.17, 15) is 24.2 Å². The molecule has 8 nitrogen and oxygen atoms in total. The van der Waals surface area contributed by atoms with E-state index in [-0.39, 0.29) is 34.6 Å². The molecule has 0 saturated carbocycles. The van der Waals surface area contributed by atoms with Crippen LogP contribution in [0.2, 0.25) is 0 Å². The molecule has 1 aliphatic heterocycles. The highest BCUT2D eigenvalue weighted by atomic mass is 19.1. The molecule has 0 radical (unpaired) electrons. The lowest BCUT2D eigenvalue weighted by Gasteiger charge is -2.20. The van der Waals surface area contributed by atoms with Gasteiger partial charge in [-0.1, -0.05) is 6.92 Å². The lowest BCUT2D eigenvalue weighted by atomic mass is 10.1. The minimum atomic E-state index is -1.42. The minimum absolute atomic E-state index is 0.0253. The van der Waals surface area contributed by atoms with E-state index in [0.717, 1.165) is 12.3 Å². The van der Waals surface area contributed by atoms with Crippen molar-refractivity contribution in [2.75, 3.05) is 18.0 Å². The highest BCUT2D eigenvalue weighted by Crippen LogP contribution is 2.27. The molecule has 3 aromatic rings. The van der Waals surface area contributed by atoms with Crippen LogP contribution in [0.25, 0.3) is 16.7 Å². The number of aromatic nitrogens is 2. The molecule has 29 heavy (non-hydrogen) atoms. The molecule has 0 aliphatic carbocycles. The van der Waals surface area contributed by atoms with E-state index in [1.165, 1.54) is 16.7 Å². The van der Waals surface area contributed by atoms with Crippen LogP contribution in [0.5, 0.6) is 5.75 Å². The van der Waals surface area contributed by atoms with Gasteiger partial charge in [-0.2, -0.15) is 0 Å². The number of nitrogens with two attached hydrogens (primary N) is 1. The molecule has 1 fully saturated rings. The Balaban J connectivity index is 2.00. The summed E-state index contributed by atoms with van der Waals surface area (Å²) >= 11 is 0. The van der Waals surface area contributed by atoms with E-state index >= 15 is 0 Å². The molecule has 0 unspecified atom stereocenters. The summed E-state index contributed by atoms with van der Waals surface area (Å²) < 4.78 is 16.3. The van der Waals surface area contributed by atoms with Gasteiger partial charge in [0.1, 0.15) is 11.3 Å². The van der Waals surface area contributed by atoms with Gasteiger partial charge in [0.05, 0.1) is 5.39 Å². The third-order valence-electron chi connectivity index (χ3n) is 5.24. The fourth-order valence-electron chi connectivity index (χ4n) is 3.56. The van der Waals surface area contributed by atoms with E-state index < -0.39 is 22.8 Å². The van der Waals surface area contributed by atoms with Crippen molar-refractivity contribution in [3.8, 4) is 11.4 Å². The highest BCUT2D eigenvalue weighted by molar-refractivity contribution is 5.92. The van der Waals surface area contributed by atoms with Gasteiger partial charge in [-0.05, 0) is 36.2 Å². The Hall–Kier alpha value is -3.46. The number of carbonyl (C=O) groups is 1. The SMILES string of the molecule is C[C@@H]1CN(c2nc3c(cc2F)c(=O)c(C(=O)O)cn3-c2ccc(O)cc2)C[C@H]1N. The Morgan fingerprint density at radius 1 is 1.28 bits per heavy atom. The first kappa shape index (κ1) is 18.9. The summed E-state index contributed by atoms with van der Waals surface area (Å²) in [6.45, 7) is 2.91. The third-order valence-corrected chi connectivity index (χ3v) is 5.24. The number of rotatable bonds is 3. The van der Waals surface area contributed by atoms with Crippen molar-refractivity contribution in [1.82, 2.24) is 9.55 Å². The van der Waals surface area contributed by atoms with Gasteiger partial charge in [0.15, 0.2) is 17.3 Å². The largest absolute Gasteiger partial charge is 0.508 e. The van der Waals surface area contributed by atoms with Crippen molar-refractivity contribution in [1.29, 1.82) is 0 Å². The summed E-state index contributed by atoms with van der Waals surface area (Å²) in [6, 6.07) is 6.84. The molecule has 2 aromatic heterocycles. The monoisotopic (exact) mass is 398 g/mol. The van der Waals surface area contributed by atoms with E-state index in [1.54, 1.807) is 17.0 Å². The van der Waals surface area contributed by atoms with Crippen molar-refractivity contribution in [3.05, 3.63) is 58.1 Å². The zero-order valence-electron chi connectivity index (χ0n) is 15.5. The second kappa shape index (κ2) is 6.85. The zero-order chi connectivity index (χ0) is 20.9. The number of nitrogens with zero attached hydrogens (tertiary/aromatic N) is 3. The lowest BCUT2D eigenvalue weighted by Crippen LogP contribution is -2.29. The van der Waals surface area contributed by atoms with Crippen molar-refractivity contribution >= 4 is 22.8 Å². The van der Waals surface area contributed by atoms with Gasteiger partial charge >= 0.3 is 5.97 Å². The first-order chi connectivity index (χ1) is 13.8. The highest BCUT2D eigenvalue weighted by Gasteiger charge is 2.30. The summed E-state index contributed by atoms with van der Waals surface area (Å²) in [6.07, 6.45) is 1.16. The van der Waals surface area contributed by atoms with Crippen LogP contribution in [-0.2, 0) is 0 Å². The fraction of sp³-hybridized carbons (Fsp3) is 0.250. The number of hydrogen-bond acceptors (Lipinski definition) is 6. The minimum Gasteiger partial charge on any atom is -0.508 e. The number of pyridine rings is 2. The fourth-order valence-corrected chi connectivity index (χ4v) is 3.56. The molecule has 0 bridgehead atoms. The van der Waals surface area contributed by atoms with E-state index in [0.29, 0.717) is 18.8 Å². The van der Waals surface area contributed by atoms with Gasteiger partial charge in [-0.15, -0.1) is 0 Å². The summed E-state index contributed by atoms with van der Waals surface area (Å²) in [5.41, 5.74) is 5.31. The first-order valence-corrected chi connectivity index (χ1v) is 9.05. The Morgan fingerprint density at radius 3 is 2.55 bits per heavy atom. The maximum absolute atomic E-state index is 14.9. The molecule has 4 rings (SSSR count). The van der Waals surface area contributed by atoms with Gasteiger partial charge in [-0.3, -0.25) is 4.79 Å². The molecule has 2 atom stereocenters. The van der Waals surface area contributed by atoms with Crippen LogP contribution in [-0.4, -0.2) is 44.9 Å². The quantitative estimate of drug-likeness (QED) is 0.614. The van der Waals surface area contributed by atoms with Gasteiger partial charge in [0.25, 0.3) is 0 Å². The van der Waals surface area contributed by atoms with Crippen molar-refractivity contribution in [3.63, 3.8) is 0 Å². The standard InChI is InChI=1S/C20H19FN4O4/c1-10-7-24(9-16(10)22)19-15(21)6-13-17(27)14(20(28)29)8-25(18(13)23-19)11-2-4-12(26)5-3-11/h2-6,8,10,16,26H,7,9,22H2,1H3,(H,28,29)/t10-,16-/m1/s1. The van der Waals surface area contributed by atoms with Crippen molar-refractivity contribution < 1.29 is 19.4 Å². The van der Waals surface area contributed by atoms with Gasteiger partial charge in [-0.25, -0.2) is 14.2 Å². The number of fused-ring (bicyclic) bond motifs is 1. The molecule has 0 spiro atoms. The number of aromatic hydroxyl groups is 1. The molecule has 3 heterocycles. The second-order valence-electron chi connectivity index (χ2n) is 7.27. The normalized spacial score (nSPS) is 19.1. The number of anilines is 1. The summed E-state index contributed by atoms with van der Waals surface area (Å²) in [4.78, 5) is 30.3. The van der Waals surface area contributed by atoms with E-state index in [2.05, 4.69) is 4.98 Å². The van der Waals surface area contributed by atoms with Crippen LogP contribution in [0.1, 0.15) is 17.3 Å².